The van der Waals surface area contributed by atoms with Crippen LogP contribution in [0.5, 0.6) is 0 Å². The fraction of sp³-hybridized carbons (Fsp3) is 0.429. The lowest BCUT2D eigenvalue weighted by Gasteiger charge is -2.39. The maximum atomic E-state index is 12.2. The molecule has 0 atom stereocenters. The van der Waals surface area contributed by atoms with Crippen LogP contribution in [0.25, 0.3) is 0 Å². The third kappa shape index (κ3) is 2.58. The predicted octanol–water partition coefficient (Wildman–Crippen LogP) is 2.28. The van der Waals surface area contributed by atoms with E-state index < -0.39 is 5.54 Å². The lowest BCUT2D eigenvalue weighted by atomic mass is 9.76. The Kier molecular flexibility index (Phi) is 3.32. The van der Waals surface area contributed by atoms with Gasteiger partial charge < -0.3 is 9.84 Å². The van der Waals surface area contributed by atoms with Crippen molar-refractivity contribution in [1.82, 2.24) is 20.4 Å². The molecule has 0 aromatic carbocycles. The van der Waals surface area contributed by atoms with E-state index in [-0.39, 0.29) is 6.03 Å². The summed E-state index contributed by atoms with van der Waals surface area (Å²) in [5, 5.41) is 9.67. The number of nitrogens with zero attached hydrogens (tertiary/aromatic N) is 3. The van der Waals surface area contributed by atoms with Crippen LogP contribution in [0.15, 0.2) is 22.9 Å². The lowest BCUT2D eigenvalue weighted by molar-refractivity contribution is 0.171. The summed E-state index contributed by atoms with van der Waals surface area (Å²) in [6, 6.07) is 3.41. The molecule has 1 fully saturated rings. The summed E-state index contributed by atoms with van der Waals surface area (Å²) in [4.78, 5) is 20.6. The van der Waals surface area contributed by atoms with Gasteiger partial charge >= 0.3 is 6.03 Å². The standard InChI is InChI=1S/C14H17N5O2/c1-9-5-3-8-15-11(9)17-13(20)18-14(6-4-7-14)12-16-10(2)21-19-12/h3,5,8H,4,6-7H2,1-2H3,(H2,15,17,18,20). The highest BCUT2D eigenvalue weighted by atomic mass is 16.5. The Morgan fingerprint density at radius 2 is 2.19 bits per heavy atom. The molecule has 1 saturated carbocycles. The molecule has 3 rings (SSSR count). The third-order valence-corrected chi connectivity index (χ3v) is 3.76. The summed E-state index contributed by atoms with van der Waals surface area (Å²) in [5.41, 5.74) is 0.385. The number of aromatic nitrogens is 3. The molecule has 21 heavy (non-hydrogen) atoms. The van der Waals surface area contributed by atoms with Crippen molar-refractivity contribution in [2.24, 2.45) is 0 Å². The van der Waals surface area contributed by atoms with Crippen molar-refractivity contribution in [3.05, 3.63) is 35.6 Å². The van der Waals surface area contributed by atoms with Crippen LogP contribution in [0.1, 0.15) is 36.5 Å². The molecule has 0 radical (unpaired) electrons. The van der Waals surface area contributed by atoms with E-state index in [1.54, 1.807) is 13.1 Å². The molecule has 1 aliphatic carbocycles. The van der Waals surface area contributed by atoms with E-state index in [0.29, 0.717) is 17.5 Å². The van der Waals surface area contributed by atoms with Gasteiger partial charge in [-0.15, -0.1) is 0 Å². The van der Waals surface area contributed by atoms with E-state index in [1.807, 2.05) is 19.1 Å². The second-order valence-corrected chi connectivity index (χ2v) is 5.32. The Labute approximate surface area is 122 Å². The van der Waals surface area contributed by atoms with Crippen molar-refractivity contribution in [2.75, 3.05) is 5.32 Å². The molecule has 0 spiro atoms. The Morgan fingerprint density at radius 1 is 1.38 bits per heavy atom. The molecular weight excluding hydrogens is 270 g/mol. The molecular formula is C14H17N5O2. The summed E-state index contributed by atoms with van der Waals surface area (Å²) in [5.74, 6) is 1.59. The van der Waals surface area contributed by atoms with Crippen molar-refractivity contribution in [1.29, 1.82) is 0 Å². The Bertz CT molecular complexity index is 663. The predicted molar refractivity (Wildman–Crippen MR) is 75.7 cm³/mol. The number of hydrogen-bond acceptors (Lipinski definition) is 5. The highest BCUT2D eigenvalue weighted by Crippen LogP contribution is 2.39. The zero-order chi connectivity index (χ0) is 14.9. The summed E-state index contributed by atoms with van der Waals surface area (Å²) >= 11 is 0. The van der Waals surface area contributed by atoms with Crippen molar-refractivity contribution in [3.63, 3.8) is 0 Å². The Hall–Kier alpha value is -2.44. The Balaban J connectivity index is 1.73. The minimum atomic E-state index is -0.523. The van der Waals surface area contributed by atoms with Crippen LogP contribution in [0.2, 0.25) is 0 Å². The van der Waals surface area contributed by atoms with Gasteiger partial charge in [-0.2, -0.15) is 4.98 Å². The van der Waals surface area contributed by atoms with Gasteiger partial charge in [0.25, 0.3) is 0 Å². The monoisotopic (exact) mass is 287 g/mol. The number of amides is 2. The largest absolute Gasteiger partial charge is 0.340 e. The van der Waals surface area contributed by atoms with Crippen LogP contribution in [0.3, 0.4) is 0 Å². The number of hydrogen-bond donors (Lipinski definition) is 2. The number of nitrogens with one attached hydrogen (secondary N) is 2. The van der Waals surface area contributed by atoms with Crippen molar-refractivity contribution < 1.29 is 9.32 Å². The molecule has 2 aromatic heterocycles. The molecule has 2 heterocycles. The van der Waals surface area contributed by atoms with Crippen LogP contribution in [-0.2, 0) is 5.54 Å². The molecule has 110 valence electrons. The number of urea groups is 1. The van der Waals surface area contributed by atoms with Gasteiger partial charge in [-0.05, 0) is 37.8 Å². The lowest BCUT2D eigenvalue weighted by Crippen LogP contribution is -2.53. The van der Waals surface area contributed by atoms with Gasteiger partial charge in [0.05, 0.1) is 0 Å². The first-order chi connectivity index (χ1) is 10.1. The first kappa shape index (κ1) is 13.5. The number of pyridine rings is 1. The van der Waals surface area contributed by atoms with Gasteiger partial charge in [0.2, 0.25) is 5.89 Å². The van der Waals surface area contributed by atoms with Gasteiger partial charge in [0.1, 0.15) is 11.4 Å². The Morgan fingerprint density at radius 3 is 2.76 bits per heavy atom. The van der Waals surface area contributed by atoms with Gasteiger partial charge in [-0.1, -0.05) is 11.2 Å². The topological polar surface area (TPSA) is 92.9 Å². The second kappa shape index (κ2) is 5.16. The average Bonchev–Trinajstić information content (AvgIpc) is 2.83. The normalized spacial score (nSPS) is 16.1. The SMILES string of the molecule is Cc1nc(C2(NC(=O)Nc3ncccc3C)CCC2)no1. The highest BCUT2D eigenvalue weighted by molar-refractivity contribution is 5.89. The number of anilines is 1. The van der Waals surface area contributed by atoms with Gasteiger partial charge in [0.15, 0.2) is 5.82 Å². The summed E-state index contributed by atoms with van der Waals surface area (Å²) in [6.07, 6.45) is 4.28. The summed E-state index contributed by atoms with van der Waals surface area (Å²) in [6.45, 7) is 3.63. The van der Waals surface area contributed by atoms with E-state index >= 15 is 0 Å². The first-order valence-electron chi connectivity index (χ1n) is 6.91. The van der Waals surface area contributed by atoms with Crippen LogP contribution in [0.4, 0.5) is 10.6 Å². The van der Waals surface area contributed by atoms with Gasteiger partial charge in [-0.3, -0.25) is 5.32 Å². The minimum Gasteiger partial charge on any atom is -0.340 e. The number of rotatable bonds is 3. The first-order valence-corrected chi connectivity index (χ1v) is 6.91. The van der Waals surface area contributed by atoms with Gasteiger partial charge in [-0.25, -0.2) is 9.78 Å². The van der Waals surface area contributed by atoms with Crippen LogP contribution >= 0.6 is 0 Å². The second-order valence-electron chi connectivity index (χ2n) is 5.32. The van der Waals surface area contributed by atoms with Gasteiger partial charge in [0, 0.05) is 13.1 Å². The van der Waals surface area contributed by atoms with Crippen LogP contribution < -0.4 is 10.6 Å². The van der Waals surface area contributed by atoms with Crippen molar-refractivity contribution in [3.8, 4) is 0 Å². The fourth-order valence-corrected chi connectivity index (χ4v) is 2.40. The maximum absolute atomic E-state index is 12.2. The molecule has 2 N–H and O–H groups in total. The van der Waals surface area contributed by atoms with E-state index in [2.05, 4.69) is 25.8 Å². The molecule has 2 aromatic rings. The molecule has 7 heteroatoms. The molecule has 0 saturated heterocycles. The van der Waals surface area contributed by atoms with Crippen molar-refractivity contribution in [2.45, 2.75) is 38.6 Å². The smallest absolute Gasteiger partial charge is 0.321 e. The molecule has 0 unspecified atom stereocenters. The van der Waals surface area contributed by atoms with E-state index in [9.17, 15) is 4.79 Å². The van der Waals surface area contributed by atoms with E-state index in [1.165, 1.54) is 0 Å². The molecule has 2 amide bonds. The molecule has 0 bridgehead atoms. The third-order valence-electron chi connectivity index (χ3n) is 3.76. The van der Waals surface area contributed by atoms with E-state index in [4.69, 9.17) is 4.52 Å². The number of aryl methyl sites for hydroxylation is 2. The van der Waals surface area contributed by atoms with Crippen molar-refractivity contribution >= 4 is 11.8 Å². The number of carbonyl (C=O) groups excluding carboxylic acids is 1. The quantitative estimate of drug-likeness (QED) is 0.903. The van der Waals surface area contributed by atoms with E-state index in [0.717, 1.165) is 24.8 Å². The van der Waals surface area contributed by atoms with Crippen LogP contribution in [-0.4, -0.2) is 21.2 Å². The molecule has 0 aliphatic heterocycles. The zero-order valence-corrected chi connectivity index (χ0v) is 12.0. The molecule has 7 nitrogen and oxygen atoms in total. The number of carbonyl (C=O) groups is 1. The highest BCUT2D eigenvalue weighted by Gasteiger charge is 2.44. The minimum absolute atomic E-state index is 0.307. The summed E-state index contributed by atoms with van der Waals surface area (Å²) < 4.78 is 5.02. The summed E-state index contributed by atoms with van der Waals surface area (Å²) in [7, 11) is 0. The molecule has 1 aliphatic rings. The maximum Gasteiger partial charge on any atom is 0.321 e. The van der Waals surface area contributed by atoms with Crippen LogP contribution in [0, 0.1) is 13.8 Å². The average molecular weight is 287 g/mol. The fourth-order valence-electron chi connectivity index (χ4n) is 2.40. The zero-order valence-electron chi connectivity index (χ0n) is 12.0.